The largest absolute Gasteiger partial charge is 0.394 e. The molecule has 0 aliphatic rings. The molecule has 0 fully saturated rings. The number of hydrogen-bond acceptors (Lipinski definition) is 5. The predicted molar refractivity (Wildman–Crippen MR) is 69.0 cm³/mol. The van der Waals surface area contributed by atoms with Crippen molar-refractivity contribution >= 4 is 11.0 Å². The number of aromatic nitrogens is 2. The van der Waals surface area contributed by atoms with Crippen molar-refractivity contribution in [3.8, 4) is 0 Å². The summed E-state index contributed by atoms with van der Waals surface area (Å²) < 4.78 is 0. The van der Waals surface area contributed by atoms with E-state index in [-0.39, 0.29) is 13.2 Å². The molecule has 96 valence electrons. The van der Waals surface area contributed by atoms with Gasteiger partial charge in [-0.2, -0.15) is 0 Å². The van der Waals surface area contributed by atoms with Crippen LogP contribution in [0.15, 0.2) is 30.5 Å². The first-order valence-electron chi connectivity index (χ1n) is 5.84. The highest BCUT2D eigenvalue weighted by Crippen LogP contribution is 2.09. The van der Waals surface area contributed by atoms with Gasteiger partial charge in [0, 0.05) is 6.54 Å². The average Bonchev–Trinajstić information content (AvgIpc) is 2.44. The molecule has 0 spiro atoms. The third kappa shape index (κ3) is 2.81. The van der Waals surface area contributed by atoms with E-state index in [9.17, 15) is 10.2 Å². The molecule has 2 rings (SSSR count). The Kier molecular flexibility index (Phi) is 3.86. The second kappa shape index (κ2) is 5.39. The molecule has 5 nitrogen and oxygen atoms in total. The third-order valence-electron chi connectivity index (χ3n) is 2.89. The quantitative estimate of drug-likeness (QED) is 0.715. The highest BCUT2D eigenvalue weighted by atomic mass is 16.3. The molecule has 0 unspecified atom stereocenters. The number of aliphatic hydroxyl groups excluding tert-OH is 2. The Labute approximate surface area is 106 Å². The van der Waals surface area contributed by atoms with Crippen LogP contribution in [0, 0.1) is 0 Å². The minimum Gasteiger partial charge on any atom is -0.394 e. The van der Waals surface area contributed by atoms with Crippen LogP contribution in [0.5, 0.6) is 0 Å². The number of nitrogens with zero attached hydrogens (tertiary/aromatic N) is 2. The van der Waals surface area contributed by atoms with Crippen molar-refractivity contribution in [1.29, 1.82) is 0 Å². The van der Waals surface area contributed by atoms with E-state index in [0.29, 0.717) is 6.54 Å². The fourth-order valence-electron chi connectivity index (χ4n) is 1.55. The van der Waals surface area contributed by atoms with Crippen LogP contribution in [0.25, 0.3) is 11.0 Å². The van der Waals surface area contributed by atoms with Gasteiger partial charge in [0.15, 0.2) is 0 Å². The fourth-order valence-corrected chi connectivity index (χ4v) is 1.55. The van der Waals surface area contributed by atoms with Crippen molar-refractivity contribution in [2.45, 2.75) is 19.0 Å². The van der Waals surface area contributed by atoms with Crippen LogP contribution in [-0.4, -0.2) is 38.9 Å². The van der Waals surface area contributed by atoms with Gasteiger partial charge in [-0.15, -0.1) is 0 Å². The number of aliphatic hydroxyl groups is 2. The Hall–Kier alpha value is -1.56. The molecule has 1 aromatic carbocycles. The second-order valence-corrected chi connectivity index (χ2v) is 4.58. The van der Waals surface area contributed by atoms with Gasteiger partial charge in [-0.25, -0.2) is 4.98 Å². The summed E-state index contributed by atoms with van der Waals surface area (Å²) in [5.74, 6) is 0. The van der Waals surface area contributed by atoms with Crippen molar-refractivity contribution in [2.24, 2.45) is 0 Å². The van der Waals surface area contributed by atoms with E-state index in [1.54, 1.807) is 13.1 Å². The van der Waals surface area contributed by atoms with Crippen LogP contribution in [-0.2, 0) is 6.54 Å². The van der Waals surface area contributed by atoms with E-state index in [4.69, 9.17) is 0 Å². The zero-order valence-electron chi connectivity index (χ0n) is 10.3. The van der Waals surface area contributed by atoms with Gasteiger partial charge in [0.05, 0.1) is 41.7 Å². The summed E-state index contributed by atoms with van der Waals surface area (Å²) in [6.45, 7) is 1.94. The molecule has 0 bridgehead atoms. The predicted octanol–water partition coefficient (Wildman–Crippen LogP) is 0.463. The molecular formula is C13H17N3O2. The van der Waals surface area contributed by atoms with Crippen LogP contribution in [0.4, 0.5) is 0 Å². The molecule has 0 aliphatic carbocycles. The van der Waals surface area contributed by atoms with E-state index in [0.717, 1.165) is 16.7 Å². The second-order valence-electron chi connectivity index (χ2n) is 4.58. The first-order valence-corrected chi connectivity index (χ1v) is 5.84. The van der Waals surface area contributed by atoms with E-state index in [1.165, 1.54) is 0 Å². The summed E-state index contributed by atoms with van der Waals surface area (Å²) in [5.41, 5.74) is 1.77. The fraction of sp³-hybridized carbons (Fsp3) is 0.385. The summed E-state index contributed by atoms with van der Waals surface area (Å²) >= 11 is 0. The minimum absolute atomic E-state index is 0.134. The lowest BCUT2D eigenvalue weighted by molar-refractivity contribution is 0.103. The summed E-state index contributed by atoms with van der Waals surface area (Å²) in [7, 11) is 0. The molecule has 18 heavy (non-hydrogen) atoms. The van der Waals surface area contributed by atoms with Gasteiger partial charge in [-0.05, 0) is 19.1 Å². The maximum Gasteiger partial charge on any atom is 0.0890 e. The topological polar surface area (TPSA) is 78.3 Å². The minimum atomic E-state index is -0.701. The molecule has 1 aromatic heterocycles. The zero-order valence-corrected chi connectivity index (χ0v) is 10.3. The highest BCUT2D eigenvalue weighted by molar-refractivity contribution is 5.73. The highest BCUT2D eigenvalue weighted by Gasteiger charge is 2.21. The Morgan fingerprint density at radius 1 is 1.17 bits per heavy atom. The zero-order chi connectivity index (χ0) is 13.0. The first-order chi connectivity index (χ1) is 8.67. The van der Waals surface area contributed by atoms with Gasteiger partial charge in [0.1, 0.15) is 0 Å². The first kappa shape index (κ1) is 12.9. The van der Waals surface area contributed by atoms with E-state index >= 15 is 0 Å². The molecule has 3 N–H and O–H groups in total. The maximum atomic E-state index is 9.18. The van der Waals surface area contributed by atoms with Crippen LogP contribution in [0.1, 0.15) is 12.6 Å². The van der Waals surface area contributed by atoms with Crippen molar-refractivity contribution < 1.29 is 10.2 Å². The lowest BCUT2D eigenvalue weighted by atomic mass is 10.1. The maximum absolute atomic E-state index is 9.18. The van der Waals surface area contributed by atoms with Gasteiger partial charge in [-0.1, -0.05) is 12.1 Å². The summed E-state index contributed by atoms with van der Waals surface area (Å²) in [4.78, 5) is 8.76. The van der Waals surface area contributed by atoms with Gasteiger partial charge < -0.3 is 15.5 Å². The third-order valence-corrected chi connectivity index (χ3v) is 2.89. The SMILES string of the molecule is CC(CO)(CO)NCc1cnc2ccccc2n1. The van der Waals surface area contributed by atoms with E-state index in [2.05, 4.69) is 15.3 Å². The Balaban J connectivity index is 2.12. The van der Waals surface area contributed by atoms with Crippen LogP contribution >= 0.6 is 0 Å². The summed E-state index contributed by atoms with van der Waals surface area (Å²) in [6, 6.07) is 7.65. The molecular weight excluding hydrogens is 230 g/mol. The van der Waals surface area contributed by atoms with Crippen molar-refractivity contribution in [3.05, 3.63) is 36.2 Å². The van der Waals surface area contributed by atoms with Crippen molar-refractivity contribution in [3.63, 3.8) is 0 Å². The molecule has 1 heterocycles. The summed E-state index contributed by atoms with van der Waals surface area (Å²) in [6.07, 6.45) is 1.70. The van der Waals surface area contributed by atoms with Gasteiger partial charge in [-0.3, -0.25) is 4.98 Å². The standard InChI is InChI=1S/C13H17N3O2/c1-13(8-17,9-18)15-7-10-6-14-11-4-2-3-5-12(11)16-10/h2-6,15,17-18H,7-9H2,1H3. The van der Waals surface area contributed by atoms with Gasteiger partial charge in [0.2, 0.25) is 0 Å². The average molecular weight is 247 g/mol. The lowest BCUT2D eigenvalue weighted by Crippen LogP contribution is -2.48. The molecule has 2 aromatic rings. The van der Waals surface area contributed by atoms with Crippen LogP contribution in [0.3, 0.4) is 0 Å². The number of hydrogen-bond donors (Lipinski definition) is 3. The molecule has 0 aliphatic heterocycles. The van der Waals surface area contributed by atoms with Crippen LogP contribution in [0.2, 0.25) is 0 Å². The number of para-hydroxylation sites is 2. The Morgan fingerprint density at radius 3 is 2.50 bits per heavy atom. The van der Waals surface area contributed by atoms with Crippen molar-refractivity contribution in [2.75, 3.05) is 13.2 Å². The van der Waals surface area contributed by atoms with Crippen LogP contribution < -0.4 is 5.32 Å². The van der Waals surface area contributed by atoms with Crippen molar-refractivity contribution in [1.82, 2.24) is 15.3 Å². The van der Waals surface area contributed by atoms with Gasteiger partial charge in [0.25, 0.3) is 0 Å². The molecule has 0 radical (unpaired) electrons. The molecule has 0 atom stereocenters. The van der Waals surface area contributed by atoms with E-state index < -0.39 is 5.54 Å². The number of benzene rings is 1. The number of fused-ring (bicyclic) bond motifs is 1. The molecule has 5 heteroatoms. The Bertz CT molecular complexity index is 526. The molecule has 0 saturated heterocycles. The molecule has 0 amide bonds. The summed E-state index contributed by atoms with van der Waals surface area (Å²) in [5, 5.41) is 21.4. The number of nitrogens with one attached hydrogen (secondary N) is 1. The van der Waals surface area contributed by atoms with E-state index in [1.807, 2.05) is 24.3 Å². The lowest BCUT2D eigenvalue weighted by Gasteiger charge is -2.25. The molecule has 0 saturated carbocycles. The monoisotopic (exact) mass is 247 g/mol. The smallest absolute Gasteiger partial charge is 0.0890 e. The number of rotatable bonds is 5. The normalized spacial score (nSPS) is 11.9. The van der Waals surface area contributed by atoms with Gasteiger partial charge >= 0.3 is 0 Å². The Morgan fingerprint density at radius 2 is 1.83 bits per heavy atom.